The number of fused-ring (bicyclic) bond motifs is 1. The Labute approximate surface area is 130 Å². The summed E-state index contributed by atoms with van der Waals surface area (Å²) in [4.78, 5) is 23.3. The minimum absolute atomic E-state index is 0.00900. The molecule has 0 saturated heterocycles. The normalized spacial score (nSPS) is 17.4. The highest BCUT2D eigenvalue weighted by molar-refractivity contribution is 5.86. The molecule has 1 aliphatic carbocycles. The number of carbonyl (C=O) groups excluding carboxylic acids is 2. The number of carbonyl (C=O) groups is 2. The summed E-state index contributed by atoms with van der Waals surface area (Å²) in [5, 5.41) is 2.94. The number of hydrogen-bond acceptors (Lipinski definition) is 3. The highest BCUT2D eigenvalue weighted by Crippen LogP contribution is 2.29. The minimum Gasteiger partial charge on any atom is -0.452 e. The molecule has 1 N–H and O–H groups in total. The standard InChI is InChI=1S/C18H21NO3/c1-2-3-4-12-18(21)22-13-17(20)19-16-11-7-9-14-8-5-6-10-15(14)16/h2-6,8,10,12,16H,7,9,11,13H2,1H3,(H,19,20)/b3-2+,12-4+/t16-/m1/s1. The van der Waals surface area contributed by atoms with Crippen molar-refractivity contribution in [3.8, 4) is 0 Å². The summed E-state index contributed by atoms with van der Waals surface area (Å²) in [5.41, 5.74) is 2.45. The SMILES string of the molecule is C/C=C/C=C/C(=O)OCC(=O)N[C@@H]1CCCc2ccccc21. The Kier molecular flexibility index (Phi) is 5.95. The number of rotatable bonds is 5. The Bertz CT molecular complexity index is 590. The highest BCUT2D eigenvalue weighted by Gasteiger charge is 2.21. The number of hydrogen-bond donors (Lipinski definition) is 1. The van der Waals surface area contributed by atoms with Crippen LogP contribution in [0.5, 0.6) is 0 Å². The van der Waals surface area contributed by atoms with Crippen LogP contribution in [0.2, 0.25) is 0 Å². The van der Waals surface area contributed by atoms with Crippen LogP contribution in [-0.2, 0) is 20.7 Å². The van der Waals surface area contributed by atoms with E-state index in [9.17, 15) is 9.59 Å². The van der Waals surface area contributed by atoms with Crippen molar-refractivity contribution >= 4 is 11.9 Å². The van der Waals surface area contributed by atoms with E-state index in [1.807, 2.05) is 25.1 Å². The molecular weight excluding hydrogens is 278 g/mol. The maximum atomic E-state index is 11.9. The summed E-state index contributed by atoms with van der Waals surface area (Å²) in [7, 11) is 0. The molecule has 0 heterocycles. The summed E-state index contributed by atoms with van der Waals surface area (Å²) in [5.74, 6) is -0.785. The van der Waals surface area contributed by atoms with E-state index in [1.165, 1.54) is 17.2 Å². The second-order valence-electron chi connectivity index (χ2n) is 5.20. The van der Waals surface area contributed by atoms with Crippen molar-refractivity contribution in [1.29, 1.82) is 0 Å². The van der Waals surface area contributed by atoms with Crippen LogP contribution in [0.4, 0.5) is 0 Å². The Balaban J connectivity index is 1.84. The van der Waals surface area contributed by atoms with E-state index in [2.05, 4.69) is 11.4 Å². The van der Waals surface area contributed by atoms with Gasteiger partial charge in [-0.25, -0.2) is 4.79 Å². The zero-order chi connectivity index (χ0) is 15.8. The molecule has 0 aromatic heterocycles. The molecule has 1 aromatic carbocycles. The zero-order valence-corrected chi connectivity index (χ0v) is 12.7. The van der Waals surface area contributed by atoms with Gasteiger partial charge in [-0.05, 0) is 37.3 Å². The third-order valence-electron chi connectivity index (χ3n) is 3.59. The van der Waals surface area contributed by atoms with Gasteiger partial charge in [0.2, 0.25) is 0 Å². The predicted octanol–water partition coefficient (Wildman–Crippen LogP) is 2.86. The molecule has 0 unspecified atom stereocenters. The van der Waals surface area contributed by atoms with Crippen LogP contribution < -0.4 is 5.32 Å². The van der Waals surface area contributed by atoms with E-state index in [0.29, 0.717) is 0 Å². The van der Waals surface area contributed by atoms with Gasteiger partial charge in [0.15, 0.2) is 6.61 Å². The van der Waals surface area contributed by atoms with Crippen LogP contribution in [-0.4, -0.2) is 18.5 Å². The van der Waals surface area contributed by atoms with Crippen LogP contribution in [0.15, 0.2) is 48.6 Å². The van der Waals surface area contributed by atoms with Crippen LogP contribution >= 0.6 is 0 Å². The predicted molar refractivity (Wildman–Crippen MR) is 85.2 cm³/mol. The monoisotopic (exact) mass is 299 g/mol. The number of esters is 1. The summed E-state index contributed by atoms with van der Waals surface area (Å²) in [6.45, 7) is 1.60. The second-order valence-corrected chi connectivity index (χ2v) is 5.20. The maximum absolute atomic E-state index is 11.9. The molecule has 2 rings (SSSR count). The highest BCUT2D eigenvalue weighted by atomic mass is 16.5. The lowest BCUT2D eigenvalue weighted by atomic mass is 9.88. The first-order valence-electron chi connectivity index (χ1n) is 7.54. The fourth-order valence-corrected chi connectivity index (χ4v) is 2.57. The summed E-state index contributed by atoms with van der Waals surface area (Å²) >= 11 is 0. The van der Waals surface area contributed by atoms with Gasteiger partial charge in [0.05, 0.1) is 6.04 Å². The van der Waals surface area contributed by atoms with Crippen molar-refractivity contribution in [3.05, 3.63) is 59.7 Å². The molecule has 22 heavy (non-hydrogen) atoms. The summed E-state index contributed by atoms with van der Waals surface area (Å²) < 4.78 is 4.91. The molecule has 4 nitrogen and oxygen atoms in total. The topological polar surface area (TPSA) is 55.4 Å². The smallest absolute Gasteiger partial charge is 0.331 e. The third kappa shape index (κ3) is 4.58. The van der Waals surface area contributed by atoms with Gasteiger partial charge in [-0.2, -0.15) is 0 Å². The fraction of sp³-hybridized carbons (Fsp3) is 0.333. The first-order chi connectivity index (χ1) is 10.7. The van der Waals surface area contributed by atoms with E-state index in [4.69, 9.17) is 4.74 Å². The Hall–Kier alpha value is -2.36. The molecule has 4 heteroatoms. The molecule has 1 amide bonds. The average Bonchev–Trinajstić information content (AvgIpc) is 2.54. The lowest BCUT2D eigenvalue weighted by Crippen LogP contribution is -2.34. The first-order valence-corrected chi connectivity index (χ1v) is 7.54. The number of benzene rings is 1. The lowest BCUT2D eigenvalue weighted by molar-refractivity contribution is -0.144. The van der Waals surface area contributed by atoms with Crippen LogP contribution in [0.3, 0.4) is 0 Å². The molecule has 116 valence electrons. The van der Waals surface area contributed by atoms with Gasteiger partial charge in [0, 0.05) is 6.08 Å². The number of ether oxygens (including phenoxy) is 1. The number of nitrogens with one attached hydrogen (secondary N) is 1. The number of amides is 1. The lowest BCUT2D eigenvalue weighted by Gasteiger charge is -2.26. The molecule has 0 spiro atoms. The molecule has 1 atom stereocenters. The Morgan fingerprint density at radius 3 is 2.95 bits per heavy atom. The fourth-order valence-electron chi connectivity index (χ4n) is 2.57. The molecule has 1 aliphatic rings. The summed E-state index contributed by atoms with van der Waals surface area (Å²) in [6.07, 6.45) is 9.41. The molecule has 0 aliphatic heterocycles. The van der Waals surface area contributed by atoms with E-state index in [0.717, 1.165) is 19.3 Å². The number of allylic oxidation sites excluding steroid dienone is 3. The molecule has 0 radical (unpaired) electrons. The van der Waals surface area contributed by atoms with Crippen LogP contribution in [0, 0.1) is 0 Å². The van der Waals surface area contributed by atoms with Gasteiger partial charge in [-0.1, -0.05) is 42.5 Å². The molecule has 1 aromatic rings. The van der Waals surface area contributed by atoms with E-state index in [1.54, 1.807) is 18.2 Å². The van der Waals surface area contributed by atoms with Gasteiger partial charge in [-0.3, -0.25) is 4.79 Å². The molecule has 0 fully saturated rings. The van der Waals surface area contributed by atoms with Crippen molar-refractivity contribution in [2.75, 3.05) is 6.61 Å². The molecule has 0 bridgehead atoms. The van der Waals surface area contributed by atoms with E-state index >= 15 is 0 Å². The molecular formula is C18H21NO3. The molecule has 0 saturated carbocycles. The van der Waals surface area contributed by atoms with Gasteiger partial charge in [0.25, 0.3) is 5.91 Å². The van der Waals surface area contributed by atoms with Crippen molar-refractivity contribution in [1.82, 2.24) is 5.32 Å². The van der Waals surface area contributed by atoms with Crippen molar-refractivity contribution in [2.45, 2.75) is 32.2 Å². The first kappa shape index (κ1) is 16.0. The maximum Gasteiger partial charge on any atom is 0.331 e. The van der Waals surface area contributed by atoms with Crippen LogP contribution in [0.1, 0.15) is 36.9 Å². The second kappa shape index (κ2) is 8.17. The minimum atomic E-state index is -0.516. The Morgan fingerprint density at radius 1 is 1.32 bits per heavy atom. The van der Waals surface area contributed by atoms with Crippen molar-refractivity contribution in [3.63, 3.8) is 0 Å². The van der Waals surface area contributed by atoms with Gasteiger partial charge < -0.3 is 10.1 Å². The van der Waals surface area contributed by atoms with E-state index in [-0.39, 0.29) is 18.6 Å². The van der Waals surface area contributed by atoms with E-state index < -0.39 is 5.97 Å². The largest absolute Gasteiger partial charge is 0.452 e. The van der Waals surface area contributed by atoms with Gasteiger partial charge in [-0.15, -0.1) is 0 Å². The summed E-state index contributed by atoms with van der Waals surface area (Å²) in [6, 6.07) is 8.15. The zero-order valence-electron chi connectivity index (χ0n) is 12.7. The Morgan fingerprint density at radius 2 is 2.14 bits per heavy atom. The van der Waals surface area contributed by atoms with Gasteiger partial charge in [0.1, 0.15) is 0 Å². The van der Waals surface area contributed by atoms with Crippen molar-refractivity contribution < 1.29 is 14.3 Å². The van der Waals surface area contributed by atoms with Crippen LogP contribution in [0.25, 0.3) is 0 Å². The van der Waals surface area contributed by atoms with Crippen molar-refractivity contribution in [2.24, 2.45) is 0 Å². The number of aryl methyl sites for hydroxylation is 1. The third-order valence-corrected chi connectivity index (χ3v) is 3.59. The van der Waals surface area contributed by atoms with Gasteiger partial charge >= 0.3 is 5.97 Å². The average molecular weight is 299 g/mol. The quantitative estimate of drug-likeness (QED) is 0.517.